The maximum absolute atomic E-state index is 3.61. The van der Waals surface area contributed by atoms with Crippen LogP contribution in [0.4, 0.5) is 0 Å². The van der Waals surface area contributed by atoms with Gasteiger partial charge in [0.25, 0.3) is 0 Å². The van der Waals surface area contributed by atoms with Crippen molar-refractivity contribution in [3.63, 3.8) is 0 Å². The normalized spacial score (nSPS) is 14.9. The summed E-state index contributed by atoms with van der Waals surface area (Å²) in [5, 5.41) is 3.61. The molecule has 2 heteroatoms. The van der Waals surface area contributed by atoms with Gasteiger partial charge in [-0.2, -0.15) is 0 Å². The molecule has 0 aliphatic carbocycles. The highest BCUT2D eigenvalue weighted by atomic mass is 32.2. The number of thioether (sulfide) groups is 1. The highest BCUT2D eigenvalue weighted by molar-refractivity contribution is 7.99. The third-order valence-corrected chi connectivity index (χ3v) is 5.01. The van der Waals surface area contributed by atoms with Gasteiger partial charge in [0.15, 0.2) is 0 Å². The van der Waals surface area contributed by atoms with Gasteiger partial charge >= 0.3 is 0 Å². The standard InChI is InChI=1S/C17H29NS/c1-14(2)17(5,13-18-15(3)4)11-12-19-16-9-7-6-8-10-16/h6-10,14-15,18H,11-13H2,1-5H3. The van der Waals surface area contributed by atoms with Gasteiger partial charge in [-0.3, -0.25) is 0 Å². The van der Waals surface area contributed by atoms with E-state index in [0.717, 1.165) is 6.54 Å². The Morgan fingerprint density at radius 3 is 2.26 bits per heavy atom. The third kappa shape index (κ3) is 6.01. The predicted octanol–water partition coefficient (Wildman–Crippen LogP) is 4.83. The SMILES string of the molecule is CC(C)NCC(C)(CCSc1ccccc1)C(C)C. The van der Waals surface area contributed by atoms with Gasteiger partial charge in [0, 0.05) is 17.5 Å². The topological polar surface area (TPSA) is 12.0 Å². The van der Waals surface area contributed by atoms with Crippen LogP contribution < -0.4 is 5.32 Å². The lowest BCUT2D eigenvalue weighted by atomic mass is 9.76. The van der Waals surface area contributed by atoms with Crippen LogP contribution in [0.2, 0.25) is 0 Å². The molecule has 0 bridgehead atoms. The van der Waals surface area contributed by atoms with E-state index < -0.39 is 0 Å². The molecule has 1 rings (SSSR count). The minimum absolute atomic E-state index is 0.381. The van der Waals surface area contributed by atoms with Crippen molar-refractivity contribution in [2.45, 2.75) is 52.0 Å². The van der Waals surface area contributed by atoms with Crippen molar-refractivity contribution in [2.75, 3.05) is 12.3 Å². The minimum Gasteiger partial charge on any atom is -0.314 e. The maximum Gasteiger partial charge on any atom is 0.00719 e. The molecule has 108 valence electrons. The Hall–Kier alpha value is -0.470. The molecule has 0 saturated carbocycles. The van der Waals surface area contributed by atoms with E-state index >= 15 is 0 Å². The van der Waals surface area contributed by atoms with Crippen LogP contribution in [0.25, 0.3) is 0 Å². The summed E-state index contributed by atoms with van der Waals surface area (Å²) in [5.41, 5.74) is 0.381. The van der Waals surface area contributed by atoms with Crippen LogP contribution >= 0.6 is 11.8 Å². The molecule has 0 radical (unpaired) electrons. The van der Waals surface area contributed by atoms with Gasteiger partial charge in [0.1, 0.15) is 0 Å². The van der Waals surface area contributed by atoms with E-state index in [-0.39, 0.29) is 0 Å². The molecule has 1 nitrogen and oxygen atoms in total. The van der Waals surface area contributed by atoms with E-state index in [1.165, 1.54) is 17.1 Å². The first-order chi connectivity index (χ1) is 8.94. The molecule has 1 aromatic carbocycles. The van der Waals surface area contributed by atoms with Gasteiger partial charge in [-0.05, 0) is 35.6 Å². The average Bonchev–Trinajstić information content (AvgIpc) is 2.37. The minimum atomic E-state index is 0.381. The fourth-order valence-corrected chi connectivity index (χ4v) is 3.09. The van der Waals surface area contributed by atoms with Crippen molar-refractivity contribution in [1.82, 2.24) is 5.32 Å². The summed E-state index contributed by atoms with van der Waals surface area (Å²) in [7, 11) is 0. The Balaban J connectivity index is 2.45. The van der Waals surface area contributed by atoms with Crippen molar-refractivity contribution >= 4 is 11.8 Å². The first kappa shape index (κ1) is 16.6. The zero-order valence-corrected chi connectivity index (χ0v) is 13.9. The van der Waals surface area contributed by atoms with E-state index in [9.17, 15) is 0 Å². The molecule has 0 heterocycles. The largest absolute Gasteiger partial charge is 0.314 e. The van der Waals surface area contributed by atoms with Crippen LogP contribution in [-0.4, -0.2) is 18.3 Å². The van der Waals surface area contributed by atoms with E-state index in [0.29, 0.717) is 17.4 Å². The van der Waals surface area contributed by atoms with E-state index in [1.54, 1.807) is 0 Å². The van der Waals surface area contributed by atoms with Crippen LogP contribution in [0, 0.1) is 11.3 Å². The third-order valence-electron chi connectivity index (χ3n) is 3.99. The molecule has 1 atom stereocenters. The molecule has 0 fully saturated rings. The fraction of sp³-hybridized carbons (Fsp3) is 0.647. The van der Waals surface area contributed by atoms with Crippen molar-refractivity contribution in [2.24, 2.45) is 11.3 Å². The Morgan fingerprint density at radius 1 is 1.11 bits per heavy atom. The van der Waals surface area contributed by atoms with Gasteiger partial charge in [0.05, 0.1) is 0 Å². The lowest BCUT2D eigenvalue weighted by Gasteiger charge is -2.35. The van der Waals surface area contributed by atoms with Gasteiger partial charge in [0.2, 0.25) is 0 Å². The van der Waals surface area contributed by atoms with E-state index in [4.69, 9.17) is 0 Å². The predicted molar refractivity (Wildman–Crippen MR) is 87.9 cm³/mol. The summed E-state index contributed by atoms with van der Waals surface area (Å²) in [4.78, 5) is 1.38. The second-order valence-corrected chi connectivity index (χ2v) is 7.42. The second-order valence-electron chi connectivity index (χ2n) is 6.26. The first-order valence-corrected chi connectivity index (χ1v) is 8.34. The van der Waals surface area contributed by atoms with Gasteiger partial charge < -0.3 is 5.32 Å². The molecule has 0 aliphatic rings. The lowest BCUT2D eigenvalue weighted by Crippen LogP contribution is -2.39. The van der Waals surface area contributed by atoms with Crippen LogP contribution in [0.1, 0.15) is 41.0 Å². The van der Waals surface area contributed by atoms with Crippen molar-refractivity contribution < 1.29 is 0 Å². The fourth-order valence-electron chi connectivity index (χ4n) is 1.94. The number of nitrogens with one attached hydrogen (secondary N) is 1. The summed E-state index contributed by atoms with van der Waals surface area (Å²) < 4.78 is 0. The summed E-state index contributed by atoms with van der Waals surface area (Å²) >= 11 is 1.97. The van der Waals surface area contributed by atoms with Gasteiger partial charge in [-0.1, -0.05) is 52.8 Å². The van der Waals surface area contributed by atoms with Gasteiger partial charge in [-0.25, -0.2) is 0 Å². The second kappa shape index (κ2) is 7.96. The molecule has 1 N–H and O–H groups in total. The molecule has 1 aromatic rings. The Bertz CT molecular complexity index is 348. The molecule has 1 unspecified atom stereocenters. The molecular formula is C17H29NS. The quantitative estimate of drug-likeness (QED) is 0.684. The smallest absolute Gasteiger partial charge is 0.00719 e. The molecule has 0 spiro atoms. The van der Waals surface area contributed by atoms with Crippen molar-refractivity contribution in [3.8, 4) is 0 Å². The zero-order valence-electron chi connectivity index (χ0n) is 13.1. The van der Waals surface area contributed by atoms with Crippen molar-refractivity contribution in [3.05, 3.63) is 30.3 Å². The highest BCUT2D eigenvalue weighted by Gasteiger charge is 2.27. The Labute approximate surface area is 123 Å². The number of hydrogen-bond acceptors (Lipinski definition) is 2. The number of rotatable bonds is 8. The number of hydrogen-bond donors (Lipinski definition) is 1. The van der Waals surface area contributed by atoms with Crippen molar-refractivity contribution in [1.29, 1.82) is 0 Å². The molecule has 0 amide bonds. The molecular weight excluding hydrogens is 250 g/mol. The molecule has 0 aliphatic heterocycles. The van der Waals surface area contributed by atoms with Crippen LogP contribution in [0.5, 0.6) is 0 Å². The summed E-state index contributed by atoms with van der Waals surface area (Å²) in [6.45, 7) is 12.7. The number of benzene rings is 1. The average molecular weight is 279 g/mol. The van der Waals surface area contributed by atoms with E-state index in [1.807, 2.05) is 11.8 Å². The van der Waals surface area contributed by atoms with Crippen LogP contribution in [0.15, 0.2) is 35.2 Å². The summed E-state index contributed by atoms with van der Waals surface area (Å²) in [5.74, 6) is 1.90. The maximum atomic E-state index is 3.61. The summed E-state index contributed by atoms with van der Waals surface area (Å²) in [6, 6.07) is 11.3. The Morgan fingerprint density at radius 2 is 1.74 bits per heavy atom. The first-order valence-electron chi connectivity index (χ1n) is 7.35. The summed E-state index contributed by atoms with van der Waals surface area (Å²) in [6.07, 6.45) is 1.25. The highest BCUT2D eigenvalue weighted by Crippen LogP contribution is 2.33. The Kier molecular flexibility index (Phi) is 6.95. The molecule has 0 saturated heterocycles. The monoisotopic (exact) mass is 279 g/mol. The van der Waals surface area contributed by atoms with E-state index in [2.05, 4.69) is 70.3 Å². The lowest BCUT2D eigenvalue weighted by molar-refractivity contribution is 0.197. The molecule has 0 aromatic heterocycles. The zero-order chi connectivity index (χ0) is 14.3. The van der Waals surface area contributed by atoms with Crippen LogP contribution in [0.3, 0.4) is 0 Å². The molecule has 19 heavy (non-hydrogen) atoms. The van der Waals surface area contributed by atoms with Crippen LogP contribution in [-0.2, 0) is 0 Å². The van der Waals surface area contributed by atoms with Gasteiger partial charge in [-0.15, -0.1) is 11.8 Å².